The van der Waals surface area contributed by atoms with Crippen LogP contribution in [0.5, 0.6) is 5.75 Å². The van der Waals surface area contributed by atoms with Crippen LogP contribution in [0.2, 0.25) is 0 Å². The molecule has 188 valence electrons. The second-order valence-corrected chi connectivity index (χ2v) is 8.71. The van der Waals surface area contributed by atoms with Crippen molar-refractivity contribution in [1.82, 2.24) is 5.32 Å². The van der Waals surface area contributed by atoms with Crippen LogP contribution in [0.3, 0.4) is 0 Å². The van der Waals surface area contributed by atoms with Crippen LogP contribution in [-0.2, 0) is 20.9 Å². The molecule has 0 aliphatic carbocycles. The number of nitrogens with one attached hydrogen (secondary N) is 1. The van der Waals surface area contributed by atoms with Crippen molar-refractivity contribution >= 4 is 5.91 Å². The van der Waals surface area contributed by atoms with Gasteiger partial charge in [-0.3, -0.25) is 4.79 Å². The van der Waals surface area contributed by atoms with Gasteiger partial charge in [0.25, 0.3) is 0 Å². The molecule has 0 aromatic heterocycles. The van der Waals surface area contributed by atoms with Gasteiger partial charge in [0.1, 0.15) is 30.1 Å². The van der Waals surface area contributed by atoms with Gasteiger partial charge in [-0.15, -0.1) is 0 Å². The zero-order chi connectivity index (χ0) is 24.1. The van der Waals surface area contributed by atoms with Crippen LogP contribution in [-0.4, -0.2) is 65.1 Å². The Bertz CT molecular complexity index is 669. The molecule has 1 aliphatic heterocycles. The van der Waals surface area contributed by atoms with Gasteiger partial charge in [0.15, 0.2) is 6.29 Å². The van der Waals surface area contributed by atoms with E-state index in [1.807, 2.05) is 24.3 Å². The van der Waals surface area contributed by atoms with Crippen molar-refractivity contribution in [2.75, 3.05) is 13.2 Å². The van der Waals surface area contributed by atoms with Crippen molar-refractivity contribution in [2.24, 2.45) is 0 Å². The number of aliphatic hydroxyl groups is 3. The first kappa shape index (κ1) is 27.5. The predicted octanol–water partition coefficient (Wildman–Crippen LogP) is 2.67. The Kier molecular flexibility index (Phi) is 12.7. The molecule has 5 atom stereocenters. The monoisotopic (exact) mass is 467 g/mol. The van der Waals surface area contributed by atoms with Gasteiger partial charge in [0.05, 0.1) is 19.8 Å². The van der Waals surface area contributed by atoms with Gasteiger partial charge >= 0.3 is 0 Å². The summed E-state index contributed by atoms with van der Waals surface area (Å²) in [6.45, 7) is 3.93. The number of carbonyl (C=O) groups excluding carboxylic acids is 1. The summed E-state index contributed by atoms with van der Waals surface area (Å²) in [6, 6.07) is 6.58. The van der Waals surface area contributed by atoms with Crippen LogP contribution in [0.15, 0.2) is 24.3 Å². The average molecular weight is 468 g/mol. The molecular weight excluding hydrogens is 426 g/mol. The van der Waals surface area contributed by atoms with Crippen LogP contribution in [0.1, 0.15) is 70.8 Å². The summed E-state index contributed by atoms with van der Waals surface area (Å²) in [5.41, 5.74) is 0.862. The van der Waals surface area contributed by atoms with E-state index < -0.39 is 37.3 Å². The number of ether oxygens (including phenoxy) is 3. The molecule has 0 radical (unpaired) electrons. The van der Waals surface area contributed by atoms with Crippen LogP contribution >= 0.6 is 0 Å². The van der Waals surface area contributed by atoms with Crippen molar-refractivity contribution in [1.29, 1.82) is 0 Å². The van der Waals surface area contributed by atoms with E-state index in [1.165, 1.54) is 51.9 Å². The molecule has 8 heteroatoms. The van der Waals surface area contributed by atoms with Crippen molar-refractivity contribution in [2.45, 2.75) is 102 Å². The first-order valence-electron chi connectivity index (χ1n) is 12.2. The number of hydrogen-bond donors (Lipinski definition) is 4. The standard InChI is InChI=1S/C25H41NO7/c1-3-4-5-6-7-8-9-10-15-31-20-13-11-19(12-14-20)17-32-25-22(26-18(2)28)24(30)23(29)21(16-27)33-25/h11-14,21-25,27,29-30H,3-10,15-17H2,1-2H3,(H,26,28)/t21-,22-,23-,24-,25+/m1/s1. The summed E-state index contributed by atoms with van der Waals surface area (Å²) in [4.78, 5) is 11.5. The molecule has 4 N–H and O–H groups in total. The van der Waals surface area contributed by atoms with Gasteiger partial charge in [0, 0.05) is 6.92 Å². The van der Waals surface area contributed by atoms with Crippen LogP contribution in [0, 0.1) is 0 Å². The van der Waals surface area contributed by atoms with E-state index in [2.05, 4.69) is 12.2 Å². The highest BCUT2D eigenvalue weighted by Gasteiger charge is 2.45. The second kappa shape index (κ2) is 15.2. The molecule has 33 heavy (non-hydrogen) atoms. The summed E-state index contributed by atoms with van der Waals surface area (Å²) in [6.07, 6.45) is 5.42. The highest BCUT2D eigenvalue weighted by Crippen LogP contribution is 2.23. The fourth-order valence-electron chi connectivity index (χ4n) is 3.90. The molecule has 1 heterocycles. The zero-order valence-corrected chi connectivity index (χ0v) is 19.9. The highest BCUT2D eigenvalue weighted by molar-refractivity contribution is 5.73. The molecule has 1 amide bonds. The molecule has 0 bridgehead atoms. The average Bonchev–Trinajstić information content (AvgIpc) is 2.81. The van der Waals surface area contributed by atoms with Gasteiger partial charge in [-0.05, 0) is 24.1 Å². The van der Waals surface area contributed by atoms with Gasteiger partial charge in [0.2, 0.25) is 5.91 Å². The third kappa shape index (κ3) is 9.59. The Labute approximate surface area is 197 Å². The summed E-state index contributed by atoms with van der Waals surface area (Å²) >= 11 is 0. The van der Waals surface area contributed by atoms with Crippen LogP contribution < -0.4 is 10.1 Å². The van der Waals surface area contributed by atoms with E-state index in [1.54, 1.807) is 0 Å². The minimum atomic E-state index is -1.33. The Morgan fingerprint density at radius 1 is 1.00 bits per heavy atom. The molecule has 1 aromatic rings. The maximum atomic E-state index is 11.5. The van der Waals surface area contributed by atoms with Crippen molar-refractivity contribution in [3.05, 3.63) is 29.8 Å². The van der Waals surface area contributed by atoms with Gasteiger partial charge in [-0.1, -0.05) is 64.0 Å². The lowest BCUT2D eigenvalue weighted by atomic mass is 9.97. The highest BCUT2D eigenvalue weighted by atomic mass is 16.7. The van der Waals surface area contributed by atoms with E-state index in [9.17, 15) is 20.1 Å². The first-order chi connectivity index (χ1) is 16.0. The largest absolute Gasteiger partial charge is 0.494 e. The van der Waals surface area contributed by atoms with Gasteiger partial charge in [-0.2, -0.15) is 0 Å². The second-order valence-electron chi connectivity index (χ2n) is 8.71. The molecule has 1 aliphatic rings. The predicted molar refractivity (Wildman–Crippen MR) is 125 cm³/mol. The normalized spacial score (nSPS) is 25.1. The smallest absolute Gasteiger partial charge is 0.217 e. The summed E-state index contributed by atoms with van der Waals surface area (Å²) in [5, 5.41) is 32.3. The summed E-state index contributed by atoms with van der Waals surface area (Å²) in [7, 11) is 0. The topological polar surface area (TPSA) is 117 Å². The van der Waals surface area contributed by atoms with E-state index in [4.69, 9.17) is 14.2 Å². The summed E-state index contributed by atoms with van der Waals surface area (Å²) < 4.78 is 17.2. The Morgan fingerprint density at radius 3 is 2.24 bits per heavy atom. The number of benzene rings is 1. The molecule has 1 aromatic carbocycles. The number of unbranched alkanes of at least 4 members (excludes halogenated alkanes) is 7. The van der Waals surface area contributed by atoms with Crippen LogP contribution in [0.4, 0.5) is 0 Å². The minimum absolute atomic E-state index is 0.167. The van der Waals surface area contributed by atoms with E-state index in [0.717, 1.165) is 17.7 Å². The minimum Gasteiger partial charge on any atom is -0.494 e. The number of aliphatic hydroxyl groups excluding tert-OH is 3. The molecule has 2 rings (SSSR count). The maximum Gasteiger partial charge on any atom is 0.217 e. The third-order valence-electron chi connectivity index (χ3n) is 5.86. The number of hydrogen-bond acceptors (Lipinski definition) is 7. The number of carbonyl (C=O) groups is 1. The lowest BCUT2D eigenvalue weighted by Gasteiger charge is -2.42. The molecule has 0 spiro atoms. The van der Waals surface area contributed by atoms with Crippen molar-refractivity contribution < 1.29 is 34.3 Å². The van der Waals surface area contributed by atoms with E-state index in [-0.39, 0.29) is 12.5 Å². The third-order valence-corrected chi connectivity index (χ3v) is 5.86. The number of amides is 1. The zero-order valence-electron chi connectivity index (χ0n) is 19.9. The van der Waals surface area contributed by atoms with Gasteiger partial charge < -0.3 is 34.8 Å². The SMILES string of the molecule is CCCCCCCCCCOc1ccc(CO[C@H]2O[C@H](CO)[C@@H](O)[C@H](O)[C@H]2NC(C)=O)cc1. The lowest BCUT2D eigenvalue weighted by Crippen LogP contribution is -2.64. The Morgan fingerprint density at radius 2 is 1.64 bits per heavy atom. The van der Waals surface area contributed by atoms with Crippen LogP contribution in [0.25, 0.3) is 0 Å². The quantitative estimate of drug-likeness (QED) is 0.293. The maximum absolute atomic E-state index is 11.5. The summed E-state index contributed by atoms with van der Waals surface area (Å²) in [5.74, 6) is 0.412. The van der Waals surface area contributed by atoms with Crippen molar-refractivity contribution in [3.63, 3.8) is 0 Å². The lowest BCUT2D eigenvalue weighted by molar-refractivity contribution is -0.273. The fourth-order valence-corrected chi connectivity index (χ4v) is 3.90. The molecule has 1 saturated heterocycles. The molecule has 0 saturated carbocycles. The Hall–Kier alpha value is -1.71. The molecule has 1 fully saturated rings. The van der Waals surface area contributed by atoms with Gasteiger partial charge in [-0.25, -0.2) is 0 Å². The molecular formula is C25H41NO7. The first-order valence-corrected chi connectivity index (χ1v) is 12.2. The van der Waals surface area contributed by atoms with E-state index >= 15 is 0 Å². The molecule has 8 nitrogen and oxygen atoms in total. The molecule has 0 unspecified atom stereocenters. The Balaban J connectivity index is 1.74. The number of rotatable bonds is 15. The fraction of sp³-hybridized carbons (Fsp3) is 0.720. The van der Waals surface area contributed by atoms with Crippen molar-refractivity contribution in [3.8, 4) is 5.75 Å². The van der Waals surface area contributed by atoms with E-state index in [0.29, 0.717) is 6.61 Å².